The molecule has 1 N–H and O–H groups in total. The summed E-state index contributed by atoms with van der Waals surface area (Å²) in [5, 5.41) is 10.5. The summed E-state index contributed by atoms with van der Waals surface area (Å²) in [4.78, 5) is 16.7. The quantitative estimate of drug-likeness (QED) is 0.774. The van der Waals surface area contributed by atoms with Crippen molar-refractivity contribution in [3.63, 3.8) is 0 Å². The smallest absolute Gasteiger partial charge is 0.274 e. The number of amides is 1. The van der Waals surface area contributed by atoms with Crippen LogP contribution in [0.2, 0.25) is 0 Å². The number of carbonyl (C=O) groups is 1. The summed E-state index contributed by atoms with van der Waals surface area (Å²) in [5.41, 5.74) is 1.06. The van der Waals surface area contributed by atoms with Crippen molar-refractivity contribution in [1.82, 2.24) is 20.6 Å². The van der Waals surface area contributed by atoms with Gasteiger partial charge in [0.25, 0.3) is 5.91 Å². The average molecular weight is 326 g/mol. The minimum atomic E-state index is -0.393. The lowest BCUT2D eigenvalue weighted by atomic mass is 10.0. The first-order valence-corrected chi connectivity index (χ1v) is 7.68. The van der Waals surface area contributed by atoms with Crippen LogP contribution in [-0.2, 0) is 0 Å². The Morgan fingerprint density at radius 3 is 2.50 bits per heavy atom. The maximum absolute atomic E-state index is 12.5. The van der Waals surface area contributed by atoms with Crippen LogP contribution in [0.5, 0.6) is 0 Å². The highest BCUT2D eigenvalue weighted by molar-refractivity contribution is 5.93. The van der Waals surface area contributed by atoms with Gasteiger partial charge in [0.05, 0.1) is 0 Å². The van der Waals surface area contributed by atoms with Crippen LogP contribution < -0.4 is 5.32 Å². The maximum atomic E-state index is 12.5. The number of aryl methyl sites for hydroxylation is 1. The first-order chi connectivity index (χ1) is 11.5. The number of hydrogen-bond acceptors (Lipinski definition) is 6. The lowest BCUT2D eigenvalue weighted by Crippen LogP contribution is -2.32. The highest BCUT2D eigenvalue weighted by atomic mass is 16.5. The van der Waals surface area contributed by atoms with Crippen LogP contribution in [0.4, 0.5) is 0 Å². The Morgan fingerprint density at radius 1 is 1.12 bits per heavy atom. The van der Waals surface area contributed by atoms with Crippen molar-refractivity contribution in [1.29, 1.82) is 0 Å². The molecule has 7 nitrogen and oxygen atoms in total. The SMILES string of the molecule is Cc1noc([C@H](NC(=O)c2cc(-c3ccccc3)on2)C(C)C)n1. The zero-order chi connectivity index (χ0) is 17.1. The highest BCUT2D eigenvalue weighted by Crippen LogP contribution is 2.22. The fourth-order valence-electron chi connectivity index (χ4n) is 2.29. The van der Waals surface area contributed by atoms with Crippen LogP contribution in [0.1, 0.15) is 42.1 Å². The number of nitrogens with one attached hydrogen (secondary N) is 1. The van der Waals surface area contributed by atoms with E-state index in [1.165, 1.54) is 0 Å². The number of rotatable bonds is 5. The second-order valence-electron chi connectivity index (χ2n) is 5.82. The van der Waals surface area contributed by atoms with Crippen molar-refractivity contribution in [3.05, 3.63) is 53.8 Å². The molecule has 0 aliphatic heterocycles. The maximum Gasteiger partial charge on any atom is 0.274 e. The third kappa shape index (κ3) is 3.34. The van der Waals surface area contributed by atoms with Gasteiger partial charge in [-0.2, -0.15) is 4.98 Å². The third-order valence-corrected chi connectivity index (χ3v) is 3.56. The minimum absolute atomic E-state index is 0.0781. The highest BCUT2D eigenvalue weighted by Gasteiger charge is 2.26. The van der Waals surface area contributed by atoms with E-state index in [1.807, 2.05) is 44.2 Å². The molecule has 2 heterocycles. The van der Waals surface area contributed by atoms with Gasteiger partial charge in [0.1, 0.15) is 6.04 Å². The summed E-state index contributed by atoms with van der Waals surface area (Å²) in [7, 11) is 0. The second kappa shape index (κ2) is 6.66. The van der Waals surface area contributed by atoms with Crippen LogP contribution >= 0.6 is 0 Å². The zero-order valence-electron chi connectivity index (χ0n) is 13.7. The fraction of sp³-hybridized carbons (Fsp3) is 0.294. The summed E-state index contributed by atoms with van der Waals surface area (Å²) in [6, 6.07) is 10.7. The van der Waals surface area contributed by atoms with Crippen molar-refractivity contribution in [3.8, 4) is 11.3 Å². The second-order valence-corrected chi connectivity index (χ2v) is 5.82. The molecule has 0 bridgehead atoms. The normalized spacial score (nSPS) is 12.3. The Kier molecular flexibility index (Phi) is 4.41. The predicted molar refractivity (Wildman–Crippen MR) is 86.0 cm³/mol. The van der Waals surface area contributed by atoms with Crippen molar-refractivity contribution < 1.29 is 13.8 Å². The molecule has 124 valence electrons. The number of benzene rings is 1. The van der Waals surface area contributed by atoms with Gasteiger partial charge in [0, 0.05) is 11.6 Å². The number of aromatic nitrogens is 3. The molecule has 0 radical (unpaired) electrons. The van der Waals surface area contributed by atoms with Crippen molar-refractivity contribution >= 4 is 5.91 Å². The first kappa shape index (κ1) is 15.9. The van der Waals surface area contributed by atoms with Crippen LogP contribution in [-0.4, -0.2) is 21.2 Å². The molecule has 1 amide bonds. The van der Waals surface area contributed by atoms with Crippen molar-refractivity contribution in [2.75, 3.05) is 0 Å². The molecule has 3 rings (SSSR count). The van der Waals surface area contributed by atoms with E-state index >= 15 is 0 Å². The van der Waals surface area contributed by atoms with Crippen LogP contribution in [0.15, 0.2) is 45.4 Å². The summed E-state index contributed by atoms with van der Waals surface area (Å²) >= 11 is 0. The van der Waals surface area contributed by atoms with Gasteiger partial charge in [-0.3, -0.25) is 4.79 Å². The third-order valence-electron chi connectivity index (χ3n) is 3.56. The van der Waals surface area contributed by atoms with Gasteiger partial charge in [-0.05, 0) is 12.8 Å². The zero-order valence-corrected chi connectivity index (χ0v) is 13.7. The van der Waals surface area contributed by atoms with Gasteiger partial charge in [-0.1, -0.05) is 54.5 Å². The van der Waals surface area contributed by atoms with E-state index in [4.69, 9.17) is 9.05 Å². The molecular weight excluding hydrogens is 308 g/mol. The fourth-order valence-corrected chi connectivity index (χ4v) is 2.29. The molecule has 1 atom stereocenters. The Bertz CT molecular complexity index is 823. The van der Waals surface area contributed by atoms with Crippen LogP contribution in [0, 0.1) is 12.8 Å². The topological polar surface area (TPSA) is 94.1 Å². The molecular formula is C17H18N4O3. The van der Waals surface area contributed by atoms with Crippen LogP contribution in [0.3, 0.4) is 0 Å². The van der Waals surface area contributed by atoms with E-state index in [0.29, 0.717) is 17.5 Å². The van der Waals surface area contributed by atoms with Gasteiger partial charge in [-0.25, -0.2) is 0 Å². The van der Waals surface area contributed by atoms with E-state index < -0.39 is 6.04 Å². The average Bonchev–Trinajstić information content (AvgIpc) is 3.22. The predicted octanol–water partition coefficient (Wildman–Crippen LogP) is 3.16. The molecule has 1 aromatic carbocycles. The molecule has 0 saturated heterocycles. The van der Waals surface area contributed by atoms with E-state index in [1.54, 1.807) is 13.0 Å². The van der Waals surface area contributed by atoms with E-state index in [2.05, 4.69) is 20.6 Å². The van der Waals surface area contributed by atoms with Crippen molar-refractivity contribution in [2.45, 2.75) is 26.8 Å². The largest absolute Gasteiger partial charge is 0.355 e. The van der Waals surface area contributed by atoms with E-state index in [0.717, 1.165) is 5.56 Å². The van der Waals surface area contributed by atoms with E-state index in [-0.39, 0.29) is 17.5 Å². The summed E-state index contributed by atoms with van der Waals surface area (Å²) in [6.45, 7) is 5.65. The van der Waals surface area contributed by atoms with Gasteiger partial charge in [0.2, 0.25) is 5.89 Å². The Morgan fingerprint density at radius 2 is 1.88 bits per heavy atom. The molecule has 0 spiro atoms. The molecule has 0 aliphatic carbocycles. The van der Waals surface area contributed by atoms with Crippen LogP contribution in [0.25, 0.3) is 11.3 Å². The monoisotopic (exact) mass is 326 g/mol. The minimum Gasteiger partial charge on any atom is -0.355 e. The van der Waals surface area contributed by atoms with Gasteiger partial charge >= 0.3 is 0 Å². The molecule has 3 aromatic rings. The molecule has 0 unspecified atom stereocenters. The molecule has 0 aliphatic rings. The number of hydrogen-bond donors (Lipinski definition) is 1. The Hall–Kier alpha value is -2.96. The van der Waals surface area contributed by atoms with Gasteiger partial charge in [0.15, 0.2) is 17.3 Å². The molecule has 2 aromatic heterocycles. The Labute approximate surface area is 139 Å². The number of carbonyl (C=O) groups excluding carboxylic acids is 1. The number of nitrogens with zero attached hydrogens (tertiary/aromatic N) is 3. The standard InChI is InChI=1S/C17H18N4O3/c1-10(2)15(17-18-11(3)20-24-17)19-16(22)13-9-14(23-21-13)12-7-5-4-6-8-12/h4-10,15H,1-3H3,(H,19,22)/t15-/m1/s1. The first-order valence-electron chi connectivity index (χ1n) is 7.68. The molecule has 7 heteroatoms. The summed E-state index contributed by atoms with van der Waals surface area (Å²) < 4.78 is 10.4. The Balaban J connectivity index is 1.78. The van der Waals surface area contributed by atoms with E-state index in [9.17, 15) is 4.79 Å². The molecule has 0 fully saturated rings. The lowest BCUT2D eigenvalue weighted by molar-refractivity contribution is 0.0904. The molecule has 24 heavy (non-hydrogen) atoms. The summed E-state index contributed by atoms with van der Waals surface area (Å²) in [5.74, 6) is 1.17. The van der Waals surface area contributed by atoms with Crippen molar-refractivity contribution in [2.24, 2.45) is 5.92 Å². The summed E-state index contributed by atoms with van der Waals surface area (Å²) in [6.07, 6.45) is 0. The lowest BCUT2D eigenvalue weighted by Gasteiger charge is -2.17. The van der Waals surface area contributed by atoms with Gasteiger partial charge in [-0.15, -0.1) is 0 Å². The van der Waals surface area contributed by atoms with Gasteiger partial charge < -0.3 is 14.4 Å². The molecule has 0 saturated carbocycles.